The Morgan fingerprint density at radius 3 is 2.52 bits per heavy atom. The van der Waals surface area contributed by atoms with Crippen LogP contribution in [0.4, 0.5) is 10.1 Å². The standard InChI is InChI=1S/C21H19FN2O/c22-18-10-7-17(8-11-18)15-21(25)24-20-6-3-4-16(14-20)9-12-19-5-1-2-13-23-19/h1-8,10-11,13-14H,9,12,15H2,(H,24,25). The summed E-state index contributed by atoms with van der Waals surface area (Å²) in [6, 6.07) is 19.7. The molecule has 1 amide bonds. The predicted molar refractivity (Wildman–Crippen MR) is 96.8 cm³/mol. The molecule has 3 aromatic rings. The van der Waals surface area contributed by atoms with Crippen molar-refractivity contribution in [2.75, 3.05) is 5.32 Å². The van der Waals surface area contributed by atoms with E-state index in [0.717, 1.165) is 35.3 Å². The van der Waals surface area contributed by atoms with Gasteiger partial charge in [-0.1, -0.05) is 30.3 Å². The van der Waals surface area contributed by atoms with Crippen molar-refractivity contribution in [1.29, 1.82) is 0 Å². The zero-order valence-corrected chi connectivity index (χ0v) is 13.8. The zero-order chi connectivity index (χ0) is 17.5. The summed E-state index contributed by atoms with van der Waals surface area (Å²) < 4.78 is 12.9. The molecular formula is C21H19FN2O. The fourth-order valence-corrected chi connectivity index (χ4v) is 2.62. The maximum atomic E-state index is 12.9. The lowest BCUT2D eigenvalue weighted by molar-refractivity contribution is -0.115. The maximum Gasteiger partial charge on any atom is 0.228 e. The van der Waals surface area contributed by atoms with E-state index < -0.39 is 0 Å². The van der Waals surface area contributed by atoms with Gasteiger partial charge in [-0.15, -0.1) is 0 Å². The second-order valence-electron chi connectivity index (χ2n) is 5.87. The highest BCUT2D eigenvalue weighted by atomic mass is 19.1. The highest BCUT2D eigenvalue weighted by Gasteiger charge is 2.05. The minimum Gasteiger partial charge on any atom is -0.326 e. The van der Waals surface area contributed by atoms with Crippen LogP contribution in [0.25, 0.3) is 0 Å². The van der Waals surface area contributed by atoms with Crippen molar-refractivity contribution in [3.63, 3.8) is 0 Å². The smallest absolute Gasteiger partial charge is 0.228 e. The Hall–Kier alpha value is -3.01. The Bertz CT molecular complexity index is 832. The number of aromatic nitrogens is 1. The molecule has 3 nitrogen and oxygen atoms in total. The van der Waals surface area contributed by atoms with Gasteiger partial charge >= 0.3 is 0 Å². The average molecular weight is 334 g/mol. The van der Waals surface area contributed by atoms with Crippen molar-refractivity contribution in [2.24, 2.45) is 0 Å². The van der Waals surface area contributed by atoms with Crippen LogP contribution < -0.4 is 5.32 Å². The van der Waals surface area contributed by atoms with Gasteiger partial charge in [0, 0.05) is 17.6 Å². The Morgan fingerprint density at radius 1 is 0.920 bits per heavy atom. The molecule has 4 heteroatoms. The monoisotopic (exact) mass is 334 g/mol. The summed E-state index contributed by atoms with van der Waals surface area (Å²) in [4.78, 5) is 16.5. The molecular weight excluding hydrogens is 315 g/mol. The van der Waals surface area contributed by atoms with E-state index in [1.54, 1.807) is 18.3 Å². The minimum atomic E-state index is -0.301. The molecule has 0 radical (unpaired) electrons. The number of carbonyl (C=O) groups is 1. The van der Waals surface area contributed by atoms with Gasteiger partial charge in [-0.05, 0) is 60.4 Å². The van der Waals surface area contributed by atoms with Crippen LogP contribution in [0.15, 0.2) is 72.9 Å². The van der Waals surface area contributed by atoms with E-state index in [1.807, 2.05) is 42.5 Å². The first-order chi connectivity index (χ1) is 12.2. The zero-order valence-electron chi connectivity index (χ0n) is 13.8. The quantitative estimate of drug-likeness (QED) is 0.734. The summed E-state index contributed by atoms with van der Waals surface area (Å²) in [6.07, 6.45) is 3.73. The van der Waals surface area contributed by atoms with Crippen molar-refractivity contribution < 1.29 is 9.18 Å². The molecule has 2 aromatic carbocycles. The maximum absolute atomic E-state index is 12.9. The number of benzene rings is 2. The number of carbonyl (C=O) groups excluding carboxylic acids is 1. The van der Waals surface area contributed by atoms with E-state index in [4.69, 9.17) is 0 Å². The third-order valence-corrected chi connectivity index (χ3v) is 3.88. The number of hydrogen-bond donors (Lipinski definition) is 1. The number of nitrogens with zero attached hydrogens (tertiary/aromatic N) is 1. The van der Waals surface area contributed by atoms with E-state index in [9.17, 15) is 9.18 Å². The Morgan fingerprint density at radius 2 is 1.76 bits per heavy atom. The largest absolute Gasteiger partial charge is 0.326 e. The second kappa shape index (κ2) is 8.20. The van der Waals surface area contributed by atoms with E-state index in [1.165, 1.54) is 12.1 Å². The molecule has 1 aromatic heterocycles. The van der Waals surface area contributed by atoms with Crippen molar-refractivity contribution in [1.82, 2.24) is 4.98 Å². The first kappa shape index (κ1) is 16.8. The molecule has 0 aliphatic rings. The van der Waals surface area contributed by atoms with Gasteiger partial charge in [-0.2, -0.15) is 0 Å². The SMILES string of the molecule is O=C(Cc1ccc(F)cc1)Nc1cccc(CCc2ccccn2)c1. The average Bonchev–Trinajstić information content (AvgIpc) is 2.63. The Balaban J connectivity index is 1.57. The van der Waals surface area contributed by atoms with Crippen molar-refractivity contribution in [3.8, 4) is 0 Å². The first-order valence-electron chi connectivity index (χ1n) is 8.22. The van der Waals surface area contributed by atoms with Crippen LogP contribution in [0, 0.1) is 5.82 Å². The summed E-state index contributed by atoms with van der Waals surface area (Å²) in [5.41, 5.74) is 3.74. The Labute approximate surface area is 146 Å². The van der Waals surface area contributed by atoms with Crippen molar-refractivity contribution in [3.05, 3.63) is 95.6 Å². The van der Waals surface area contributed by atoms with Gasteiger partial charge in [0.15, 0.2) is 0 Å². The lowest BCUT2D eigenvalue weighted by Crippen LogP contribution is -2.14. The fourth-order valence-electron chi connectivity index (χ4n) is 2.62. The normalized spacial score (nSPS) is 10.4. The number of nitrogens with one attached hydrogen (secondary N) is 1. The summed E-state index contributed by atoms with van der Waals surface area (Å²) in [6.45, 7) is 0. The summed E-state index contributed by atoms with van der Waals surface area (Å²) >= 11 is 0. The predicted octanol–water partition coefficient (Wildman–Crippen LogP) is 4.19. The van der Waals surface area contributed by atoms with Gasteiger partial charge in [0.1, 0.15) is 5.82 Å². The molecule has 0 unspecified atom stereocenters. The minimum absolute atomic E-state index is 0.117. The molecule has 0 atom stereocenters. The third kappa shape index (κ3) is 5.24. The molecule has 25 heavy (non-hydrogen) atoms. The van der Waals surface area contributed by atoms with E-state index >= 15 is 0 Å². The molecule has 0 saturated carbocycles. The number of halogens is 1. The highest BCUT2D eigenvalue weighted by molar-refractivity contribution is 5.92. The van der Waals surface area contributed by atoms with Crippen LogP contribution in [0.5, 0.6) is 0 Å². The molecule has 0 aliphatic carbocycles. The summed E-state index contributed by atoms with van der Waals surface area (Å²) in [5.74, 6) is -0.418. The number of amides is 1. The van der Waals surface area contributed by atoms with Gasteiger partial charge in [-0.3, -0.25) is 9.78 Å². The van der Waals surface area contributed by atoms with Crippen LogP contribution in [-0.4, -0.2) is 10.9 Å². The molecule has 3 rings (SSSR count). The molecule has 0 saturated heterocycles. The fraction of sp³-hybridized carbons (Fsp3) is 0.143. The number of hydrogen-bond acceptors (Lipinski definition) is 2. The van der Waals surface area contributed by atoms with Gasteiger partial charge in [0.2, 0.25) is 5.91 Å². The second-order valence-corrected chi connectivity index (χ2v) is 5.87. The van der Waals surface area contributed by atoms with Gasteiger partial charge in [-0.25, -0.2) is 4.39 Å². The number of rotatable bonds is 6. The molecule has 0 aliphatic heterocycles. The summed E-state index contributed by atoms with van der Waals surface area (Å²) in [7, 11) is 0. The topological polar surface area (TPSA) is 42.0 Å². The van der Waals surface area contributed by atoms with Gasteiger partial charge in [0.05, 0.1) is 6.42 Å². The van der Waals surface area contributed by atoms with Crippen LogP contribution >= 0.6 is 0 Å². The number of aryl methyl sites for hydroxylation is 2. The molecule has 0 bridgehead atoms. The van der Waals surface area contributed by atoms with Crippen LogP contribution in [0.2, 0.25) is 0 Å². The van der Waals surface area contributed by atoms with Gasteiger partial charge < -0.3 is 5.32 Å². The lowest BCUT2D eigenvalue weighted by atomic mass is 10.1. The third-order valence-electron chi connectivity index (χ3n) is 3.88. The summed E-state index contributed by atoms with van der Waals surface area (Å²) in [5, 5.41) is 2.90. The van der Waals surface area contributed by atoms with Gasteiger partial charge in [0.25, 0.3) is 0 Å². The van der Waals surface area contributed by atoms with E-state index in [0.29, 0.717) is 0 Å². The highest BCUT2D eigenvalue weighted by Crippen LogP contribution is 2.14. The molecule has 1 heterocycles. The molecule has 1 N–H and O–H groups in total. The number of anilines is 1. The van der Waals surface area contributed by atoms with Crippen LogP contribution in [0.1, 0.15) is 16.8 Å². The molecule has 0 fully saturated rings. The van der Waals surface area contributed by atoms with E-state index in [2.05, 4.69) is 10.3 Å². The van der Waals surface area contributed by atoms with Crippen LogP contribution in [-0.2, 0) is 24.1 Å². The molecule has 0 spiro atoms. The van der Waals surface area contributed by atoms with Crippen LogP contribution in [0.3, 0.4) is 0 Å². The lowest BCUT2D eigenvalue weighted by Gasteiger charge is -2.08. The van der Waals surface area contributed by atoms with E-state index in [-0.39, 0.29) is 18.1 Å². The Kier molecular flexibility index (Phi) is 5.52. The molecule has 126 valence electrons. The number of pyridine rings is 1. The van der Waals surface area contributed by atoms with Crippen molar-refractivity contribution in [2.45, 2.75) is 19.3 Å². The first-order valence-corrected chi connectivity index (χ1v) is 8.22. The van der Waals surface area contributed by atoms with Crippen molar-refractivity contribution >= 4 is 11.6 Å².